The predicted molar refractivity (Wildman–Crippen MR) is 107 cm³/mol. The van der Waals surface area contributed by atoms with E-state index in [0.29, 0.717) is 16.5 Å². The first-order valence-corrected chi connectivity index (χ1v) is 9.45. The van der Waals surface area contributed by atoms with Gasteiger partial charge in [-0.25, -0.2) is 4.98 Å². The Morgan fingerprint density at radius 1 is 1.10 bits per heavy atom. The number of halogens is 2. The van der Waals surface area contributed by atoms with Gasteiger partial charge in [0.05, 0.1) is 11.6 Å². The summed E-state index contributed by atoms with van der Waals surface area (Å²) in [7, 11) is 0. The minimum Gasteiger partial charge on any atom is -0.483 e. The molecule has 1 aromatic carbocycles. The molecule has 2 aromatic rings. The second-order valence-corrected chi connectivity index (χ2v) is 6.82. The number of aromatic nitrogens is 1. The predicted octanol–water partition coefficient (Wildman–Crippen LogP) is 4.29. The van der Waals surface area contributed by atoms with Crippen molar-refractivity contribution in [2.24, 2.45) is 5.92 Å². The highest BCUT2D eigenvalue weighted by molar-refractivity contribution is 6.35. The van der Waals surface area contributed by atoms with Gasteiger partial charge in [-0.05, 0) is 51.1 Å². The first kappa shape index (κ1) is 22.6. The number of rotatable bonds is 9. The quantitative estimate of drug-likeness (QED) is 0.424. The average molecular weight is 440 g/mol. The van der Waals surface area contributed by atoms with Gasteiger partial charge in [-0.2, -0.15) is 0 Å². The van der Waals surface area contributed by atoms with Crippen LogP contribution in [0.15, 0.2) is 36.5 Å². The molecule has 29 heavy (non-hydrogen) atoms. The molecule has 0 N–H and O–H groups in total. The molecule has 0 aliphatic rings. The van der Waals surface area contributed by atoms with Crippen molar-refractivity contribution in [3.63, 3.8) is 0 Å². The summed E-state index contributed by atoms with van der Waals surface area (Å²) in [6.07, 6.45) is 0.371. The van der Waals surface area contributed by atoms with Crippen molar-refractivity contribution in [1.29, 1.82) is 0 Å². The minimum absolute atomic E-state index is 0.0685. The van der Waals surface area contributed by atoms with Gasteiger partial charge in [0.1, 0.15) is 16.5 Å². The zero-order chi connectivity index (χ0) is 21.6. The van der Waals surface area contributed by atoms with Crippen molar-refractivity contribution < 1.29 is 28.6 Å². The van der Waals surface area contributed by atoms with Crippen molar-refractivity contribution in [2.45, 2.75) is 26.9 Å². The summed E-state index contributed by atoms with van der Waals surface area (Å²) in [5, 5.41) is 0.641. The third kappa shape index (κ3) is 6.17. The third-order valence-corrected chi connectivity index (χ3v) is 4.22. The second-order valence-electron chi connectivity index (χ2n) is 5.97. The summed E-state index contributed by atoms with van der Waals surface area (Å²) in [6, 6.07) is 7.82. The SMILES string of the molecule is CCOC(=O)C(C(C)=O)C(=O)[C@@H](C)Oc1ccc(Oc2ncc(Cl)cc2Cl)cc1. The van der Waals surface area contributed by atoms with E-state index >= 15 is 0 Å². The Labute approximate surface area is 177 Å². The summed E-state index contributed by atoms with van der Waals surface area (Å²) >= 11 is 11.8. The Balaban J connectivity index is 2.05. The lowest BCUT2D eigenvalue weighted by molar-refractivity contribution is -0.156. The third-order valence-electron chi connectivity index (χ3n) is 3.74. The van der Waals surface area contributed by atoms with Crippen LogP contribution < -0.4 is 9.47 Å². The fraction of sp³-hybridized carbons (Fsp3) is 0.300. The summed E-state index contributed by atoms with van der Waals surface area (Å²) < 4.78 is 15.9. The van der Waals surface area contributed by atoms with Crippen molar-refractivity contribution >= 4 is 40.7 Å². The van der Waals surface area contributed by atoms with E-state index < -0.39 is 29.6 Å². The van der Waals surface area contributed by atoms with E-state index in [1.165, 1.54) is 19.2 Å². The molecule has 0 saturated carbocycles. The lowest BCUT2D eigenvalue weighted by Crippen LogP contribution is -2.39. The number of carbonyl (C=O) groups is 3. The van der Waals surface area contributed by atoms with Gasteiger partial charge in [-0.3, -0.25) is 14.4 Å². The first-order chi connectivity index (χ1) is 13.7. The topological polar surface area (TPSA) is 91.8 Å². The molecule has 2 rings (SSSR count). The number of esters is 1. The maximum Gasteiger partial charge on any atom is 0.324 e. The van der Waals surface area contributed by atoms with E-state index in [1.807, 2.05) is 0 Å². The summed E-state index contributed by atoms with van der Waals surface area (Å²) in [5.41, 5.74) is 0. The molecular formula is C20H19Cl2NO6. The second kappa shape index (κ2) is 10.2. The average Bonchev–Trinajstić information content (AvgIpc) is 2.65. The molecule has 154 valence electrons. The summed E-state index contributed by atoms with van der Waals surface area (Å²) in [6.45, 7) is 4.28. The number of carbonyl (C=O) groups excluding carboxylic acids is 3. The monoisotopic (exact) mass is 439 g/mol. The van der Waals surface area contributed by atoms with Crippen LogP contribution in [-0.4, -0.2) is 35.2 Å². The Hall–Kier alpha value is -2.64. The molecule has 9 heteroatoms. The number of Topliss-reactive ketones (excluding diaryl/α,β-unsaturated/α-hetero) is 2. The minimum atomic E-state index is -1.51. The van der Waals surface area contributed by atoms with Gasteiger partial charge in [-0.15, -0.1) is 0 Å². The first-order valence-electron chi connectivity index (χ1n) is 8.69. The van der Waals surface area contributed by atoms with Gasteiger partial charge < -0.3 is 14.2 Å². The fourth-order valence-corrected chi connectivity index (χ4v) is 2.80. The van der Waals surface area contributed by atoms with Crippen LogP contribution in [0.5, 0.6) is 17.4 Å². The van der Waals surface area contributed by atoms with Crippen molar-refractivity contribution in [2.75, 3.05) is 6.61 Å². The fourth-order valence-electron chi connectivity index (χ4n) is 2.38. The maximum atomic E-state index is 12.5. The normalized spacial score (nSPS) is 12.6. The standard InChI is InChI=1S/C20H19Cl2NO6/c1-4-27-20(26)17(11(2)24)18(25)12(3)28-14-5-7-15(8-6-14)29-19-16(22)9-13(21)10-23-19/h5-10,12,17H,4H2,1-3H3/t12-,17?/m1/s1. The molecule has 0 bridgehead atoms. The van der Waals surface area contributed by atoms with E-state index in [9.17, 15) is 14.4 Å². The van der Waals surface area contributed by atoms with Crippen LogP contribution in [0.3, 0.4) is 0 Å². The lowest BCUT2D eigenvalue weighted by Gasteiger charge is -2.18. The number of hydrogen-bond acceptors (Lipinski definition) is 7. The van der Waals surface area contributed by atoms with Gasteiger partial charge in [0, 0.05) is 6.20 Å². The summed E-state index contributed by atoms with van der Waals surface area (Å²) in [4.78, 5) is 40.1. The van der Waals surface area contributed by atoms with Crippen LogP contribution in [0, 0.1) is 5.92 Å². The van der Waals surface area contributed by atoms with E-state index in [1.54, 1.807) is 31.2 Å². The van der Waals surface area contributed by atoms with Crippen LogP contribution in [0.2, 0.25) is 10.0 Å². The van der Waals surface area contributed by atoms with Crippen LogP contribution in [0.4, 0.5) is 0 Å². The molecule has 1 unspecified atom stereocenters. The molecule has 0 amide bonds. The molecule has 0 radical (unpaired) electrons. The molecule has 2 atom stereocenters. The van der Waals surface area contributed by atoms with Gasteiger partial charge >= 0.3 is 5.97 Å². The highest BCUT2D eigenvalue weighted by Crippen LogP contribution is 2.30. The molecule has 0 fully saturated rings. The number of ether oxygens (including phenoxy) is 3. The maximum absolute atomic E-state index is 12.5. The van der Waals surface area contributed by atoms with E-state index in [2.05, 4.69) is 4.98 Å². The largest absolute Gasteiger partial charge is 0.483 e. The highest BCUT2D eigenvalue weighted by atomic mass is 35.5. The van der Waals surface area contributed by atoms with Crippen molar-refractivity contribution in [3.8, 4) is 17.4 Å². The van der Waals surface area contributed by atoms with Gasteiger partial charge in [0.2, 0.25) is 5.88 Å². The van der Waals surface area contributed by atoms with Gasteiger partial charge in [0.15, 0.2) is 23.6 Å². The van der Waals surface area contributed by atoms with Gasteiger partial charge in [0.25, 0.3) is 0 Å². The number of hydrogen-bond donors (Lipinski definition) is 0. The van der Waals surface area contributed by atoms with E-state index in [0.717, 1.165) is 6.92 Å². The molecule has 0 aliphatic carbocycles. The van der Waals surface area contributed by atoms with Crippen LogP contribution in [0.1, 0.15) is 20.8 Å². The smallest absolute Gasteiger partial charge is 0.324 e. The zero-order valence-electron chi connectivity index (χ0n) is 16.0. The lowest BCUT2D eigenvalue weighted by atomic mass is 9.96. The molecule has 0 spiro atoms. The van der Waals surface area contributed by atoms with Crippen LogP contribution in [-0.2, 0) is 19.1 Å². The number of ketones is 2. The molecule has 0 saturated heterocycles. The van der Waals surface area contributed by atoms with Gasteiger partial charge in [-0.1, -0.05) is 23.2 Å². The van der Waals surface area contributed by atoms with E-state index in [4.69, 9.17) is 37.4 Å². The zero-order valence-corrected chi connectivity index (χ0v) is 17.5. The molecule has 1 aromatic heterocycles. The Morgan fingerprint density at radius 3 is 2.28 bits per heavy atom. The number of pyridine rings is 1. The molecule has 0 aliphatic heterocycles. The molecular weight excluding hydrogens is 421 g/mol. The Kier molecular flexibility index (Phi) is 7.99. The molecule has 7 nitrogen and oxygen atoms in total. The molecule has 1 heterocycles. The van der Waals surface area contributed by atoms with Crippen LogP contribution >= 0.6 is 23.2 Å². The van der Waals surface area contributed by atoms with Crippen LogP contribution in [0.25, 0.3) is 0 Å². The Morgan fingerprint density at radius 2 is 1.72 bits per heavy atom. The summed E-state index contributed by atoms with van der Waals surface area (Å²) in [5.74, 6) is -2.69. The number of benzene rings is 1. The number of nitrogens with zero attached hydrogens (tertiary/aromatic N) is 1. The van der Waals surface area contributed by atoms with E-state index in [-0.39, 0.29) is 17.5 Å². The van der Waals surface area contributed by atoms with Crippen molar-refractivity contribution in [3.05, 3.63) is 46.6 Å². The Bertz CT molecular complexity index is 900. The highest BCUT2D eigenvalue weighted by Gasteiger charge is 2.36. The van der Waals surface area contributed by atoms with Crippen molar-refractivity contribution in [1.82, 2.24) is 4.98 Å².